The van der Waals surface area contributed by atoms with Crippen LogP contribution >= 0.6 is 11.3 Å². The monoisotopic (exact) mass is 403 g/mol. The third-order valence-corrected chi connectivity index (χ3v) is 5.95. The van der Waals surface area contributed by atoms with Gasteiger partial charge < -0.3 is 14.2 Å². The quantitative estimate of drug-likeness (QED) is 0.588. The molecule has 4 rings (SSSR count). The van der Waals surface area contributed by atoms with Crippen molar-refractivity contribution in [3.63, 3.8) is 0 Å². The number of fused-ring (bicyclic) bond motifs is 4. The second kappa shape index (κ2) is 7.51. The highest BCUT2D eigenvalue weighted by atomic mass is 32.1. The first-order chi connectivity index (χ1) is 13.4. The fourth-order valence-corrected chi connectivity index (χ4v) is 4.57. The van der Waals surface area contributed by atoms with Gasteiger partial charge in [0.1, 0.15) is 9.53 Å². The summed E-state index contributed by atoms with van der Waals surface area (Å²) in [5, 5.41) is 0.914. The number of thiophene rings is 1. The Bertz CT molecular complexity index is 1070. The highest BCUT2D eigenvalue weighted by molar-refractivity contribution is 7.25. The molecule has 0 unspecified atom stereocenters. The van der Waals surface area contributed by atoms with Crippen LogP contribution in [-0.4, -0.2) is 39.6 Å². The molecule has 0 saturated heterocycles. The molecule has 0 fully saturated rings. The summed E-state index contributed by atoms with van der Waals surface area (Å²) in [5.41, 5.74) is 2.51. The van der Waals surface area contributed by atoms with Gasteiger partial charge in [-0.05, 0) is 33.8 Å². The predicted octanol–water partition coefficient (Wildman–Crippen LogP) is 3.26. The SMILES string of the molecule is CCOC(Cn1cnc2c(sc3nc4c(cc32)COC(C)(C)C4)c1=O)OCC. The molecule has 0 atom stereocenters. The van der Waals surface area contributed by atoms with E-state index in [9.17, 15) is 4.79 Å². The van der Waals surface area contributed by atoms with Gasteiger partial charge in [0.2, 0.25) is 0 Å². The molecule has 28 heavy (non-hydrogen) atoms. The molecule has 150 valence electrons. The van der Waals surface area contributed by atoms with Gasteiger partial charge in [0.25, 0.3) is 5.56 Å². The fraction of sp³-hybridized carbons (Fsp3) is 0.550. The van der Waals surface area contributed by atoms with Crippen LogP contribution in [0.3, 0.4) is 0 Å². The zero-order valence-corrected chi connectivity index (χ0v) is 17.5. The predicted molar refractivity (Wildman–Crippen MR) is 109 cm³/mol. The van der Waals surface area contributed by atoms with E-state index in [4.69, 9.17) is 19.2 Å². The van der Waals surface area contributed by atoms with E-state index in [1.54, 1.807) is 10.9 Å². The summed E-state index contributed by atoms with van der Waals surface area (Å²) < 4.78 is 19.2. The van der Waals surface area contributed by atoms with Gasteiger partial charge >= 0.3 is 0 Å². The normalized spacial score (nSPS) is 16.2. The van der Waals surface area contributed by atoms with E-state index >= 15 is 0 Å². The topological polar surface area (TPSA) is 75.5 Å². The van der Waals surface area contributed by atoms with Crippen molar-refractivity contribution in [2.24, 2.45) is 0 Å². The zero-order valence-electron chi connectivity index (χ0n) is 16.7. The maximum atomic E-state index is 13.0. The number of aromatic nitrogens is 3. The molecule has 7 nitrogen and oxygen atoms in total. The average molecular weight is 404 g/mol. The first-order valence-electron chi connectivity index (χ1n) is 9.59. The zero-order chi connectivity index (χ0) is 19.9. The van der Waals surface area contributed by atoms with Crippen molar-refractivity contribution in [3.8, 4) is 0 Å². The van der Waals surface area contributed by atoms with Crippen LogP contribution in [0.15, 0.2) is 17.2 Å². The minimum absolute atomic E-state index is 0.0908. The maximum Gasteiger partial charge on any atom is 0.271 e. The molecular formula is C20H25N3O4S. The van der Waals surface area contributed by atoms with Crippen molar-refractivity contribution in [2.45, 2.75) is 59.2 Å². The summed E-state index contributed by atoms with van der Waals surface area (Å²) in [7, 11) is 0. The molecule has 1 aliphatic rings. The molecule has 0 bridgehead atoms. The van der Waals surface area contributed by atoms with Crippen LogP contribution in [-0.2, 0) is 33.8 Å². The van der Waals surface area contributed by atoms with Gasteiger partial charge in [-0.2, -0.15) is 0 Å². The van der Waals surface area contributed by atoms with Gasteiger partial charge in [-0.3, -0.25) is 9.36 Å². The van der Waals surface area contributed by atoms with E-state index in [1.165, 1.54) is 11.3 Å². The molecule has 0 amide bonds. The Hall–Kier alpha value is -1.87. The summed E-state index contributed by atoms with van der Waals surface area (Å²) in [4.78, 5) is 23.3. The van der Waals surface area contributed by atoms with Gasteiger partial charge in [-0.15, -0.1) is 11.3 Å². The van der Waals surface area contributed by atoms with Crippen molar-refractivity contribution >= 4 is 31.8 Å². The lowest BCUT2D eigenvalue weighted by molar-refractivity contribution is -0.144. The Morgan fingerprint density at radius 2 is 2.07 bits per heavy atom. The standard InChI is InChI=1S/C20H25N3O4S/c1-5-25-15(26-6-2)9-23-11-21-16-13-7-12-10-27-20(3,4)8-14(12)22-18(13)28-17(16)19(23)24/h7,11,15H,5-6,8-10H2,1-4H3. The van der Waals surface area contributed by atoms with Gasteiger partial charge in [0.05, 0.1) is 36.3 Å². The Morgan fingerprint density at radius 1 is 1.32 bits per heavy atom. The molecule has 4 heterocycles. The third-order valence-electron chi connectivity index (χ3n) is 4.87. The van der Waals surface area contributed by atoms with Crippen LogP contribution in [0.25, 0.3) is 20.4 Å². The Morgan fingerprint density at radius 3 is 2.79 bits per heavy atom. The molecule has 8 heteroatoms. The molecule has 0 aliphatic carbocycles. The highest BCUT2D eigenvalue weighted by Gasteiger charge is 2.28. The minimum atomic E-state index is -0.467. The van der Waals surface area contributed by atoms with Crippen molar-refractivity contribution in [1.29, 1.82) is 0 Å². The summed E-state index contributed by atoms with van der Waals surface area (Å²) in [5.74, 6) is 0. The van der Waals surface area contributed by atoms with Crippen LogP contribution in [0, 0.1) is 0 Å². The molecule has 0 radical (unpaired) electrons. The second-order valence-corrected chi connectivity index (χ2v) is 8.49. The highest BCUT2D eigenvalue weighted by Crippen LogP contribution is 2.34. The van der Waals surface area contributed by atoms with E-state index in [1.807, 2.05) is 13.8 Å². The molecular weight excluding hydrogens is 378 g/mol. The summed E-state index contributed by atoms with van der Waals surface area (Å²) in [6.45, 7) is 9.83. The maximum absolute atomic E-state index is 13.0. The van der Waals surface area contributed by atoms with E-state index in [0.717, 1.165) is 27.9 Å². The Balaban J connectivity index is 1.76. The number of hydrogen-bond acceptors (Lipinski definition) is 7. The Kier molecular flexibility index (Phi) is 5.22. The smallest absolute Gasteiger partial charge is 0.271 e. The molecule has 0 saturated carbocycles. The molecule has 3 aromatic rings. The van der Waals surface area contributed by atoms with Crippen molar-refractivity contribution in [2.75, 3.05) is 13.2 Å². The molecule has 0 aromatic carbocycles. The number of pyridine rings is 1. The number of hydrogen-bond donors (Lipinski definition) is 0. The molecule has 0 N–H and O–H groups in total. The average Bonchev–Trinajstić information content (AvgIpc) is 3.00. The first kappa shape index (κ1) is 19.4. The summed E-state index contributed by atoms with van der Waals surface area (Å²) in [6.07, 6.45) is 1.86. The van der Waals surface area contributed by atoms with Gasteiger partial charge in [-0.25, -0.2) is 9.97 Å². The lowest BCUT2D eigenvalue weighted by Crippen LogP contribution is -2.32. The van der Waals surface area contributed by atoms with Crippen LogP contribution in [0.5, 0.6) is 0 Å². The van der Waals surface area contributed by atoms with Crippen LogP contribution in [0.1, 0.15) is 39.0 Å². The number of ether oxygens (including phenoxy) is 3. The third kappa shape index (κ3) is 3.57. The fourth-order valence-electron chi connectivity index (χ4n) is 3.49. The van der Waals surface area contributed by atoms with Crippen LogP contribution in [0.2, 0.25) is 0 Å². The van der Waals surface area contributed by atoms with Crippen molar-refractivity contribution in [1.82, 2.24) is 14.5 Å². The van der Waals surface area contributed by atoms with Gasteiger partial charge in [0, 0.05) is 30.6 Å². The van der Waals surface area contributed by atoms with Crippen molar-refractivity contribution in [3.05, 3.63) is 34.0 Å². The summed E-state index contributed by atoms with van der Waals surface area (Å²) in [6, 6.07) is 2.08. The molecule has 0 spiro atoms. The van der Waals surface area contributed by atoms with E-state index < -0.39 is 6.29 Å². The van der Waals surface area contributed by atoms with Crippen molar-refractivity contribution < 1.29 is 14.2 Å². The summed E-state index contributed by atoms with van der Waals surface area (Å²) >= 11 is 1.40. The molecule has 3 aromatic heterocycles. The lowest BCUT2D eigenvalue weighted by Gasteiger charge is -2.30. The minimum Gasteiger partial charge on any atom is -0.370 e. The number of nitrogens with zero attached hydrogens (tertiary/aromatic N) is 3. The Labute approximate surface area is 167 Å². The van der Waals surface area contributed by atoms with Crippen LogP contribution in [0.4, 0.5) is 0 Å². The van der Waals surface area contributed by atoms with Gasteiger partial charge in [-0.1, -0.05) is 0 Å². The van der Waals surface area contributed by atoms with Gasteiger partial charge in [0.15, 0.2) is 6.29 Å². The van der Waals surface area contributed by atoms with E-state index in [2.05, 4.69) is 24.9 Å². The first-order valence-corrected chi connectivity index (χ1v) is 10.4. The van der Waals surface area contributed by atoms with E-state index in [-0.39, 0.29) is 11.2 Å². The largest absolute Gasteiger partial charge is 0.370 e. The molecule has 1 aliphatic heterocycles. The number of rotatable bonds is 6. The lowest BCUT2D eigenvalue weighted by atomic mass is 9.95. The van der Waals surface area contributed by atoms with E-state index in [0.29, 0.717) is 36.6 Å². The van der Waals surface area contributed by atoms with Crippen LogP contribution < -0.4 is 5.56 Å². The second-order valence-electron chi connectivity index (χ2n) is 7.49.